The Morgan fingerprint density at radius 3 is 2.08 bits per heavy atom. The second-order valence-electron chi connectivity index (χ2n) is 8.47. The highest BCUT2D eigenvalue weighted by Crippen LogP contribution is 2.26. The molecule has 1 saturated heterocycles. The first kappa shape index (κ1) is 24.3. The molecule has 1 fully saturated rings. The molecule has 0 amide bonds. The summed E-state index contributed by atoms with van der Waals surface area (Å²) in [6.07, 6.45) is 6.55. The standard InChI is InChI=1S/C19H42O5Si2/c1-20-13-14-22-16-15-21-11-8-18-26(4,5)24-25(2,3)17-7-10-19-9-6-12-23-19/h19H,6-18H2,1-5H3. The fraction of sp³-hybridized carbons (Fsp3) is 1.00. The Labute approximate surface area is 163 Å². The zero-order valence-electron chi connectivity index (χ0n) is 17.8. The van der Waals surface area contributed by atoms with Crippen molar-refractivity contribution in [1.29, 1.82) is 0 Å². The molecule has 1 aliphatic rings. The molecule has 0 aromatic rings. The van der Waals surface area contributed by atoms with Crippen LogP contribution in [0.25, 0.3) is 0 Å². The molecule has 1 aliphatic heterocycles. The van der Waals surface area contributed by atoms with Gasteiger partial charge in [-0.3, -0.25) is 0 Å². The summed E-state index contributed by atoms with van der Waals surface area (Å²) in [5, 5.41) is 0. The van der Waals surface area contributed by atoms with Gasteiger partial charge in [-0.1, -0.05) is 6.42 Å². The lowest BCUT2D eigenvalue weighted by Gasteiger charge is -2.34. The third kappa shape index (κ3) is 12.6. The fourth-order valence-electron chi connectivity index (χ4n) is 3.54. The van der Waals surface area contributed by atoms with Gasteiger partial charge in [-0.15, -0.1) is 0 Å². The number of methoxy groups -OCH3 is 1. The average molecular weight is 407 g/mol. The number of hydrogen-bond donors (Lipinski definition) is 0. The molecule has 1 rings (SSSR count). The summed E-state index contributed by atoms with van der Waals surface area (Å²) in [7, 11) is -1.49. The van der Waals surface area contributed by atoms with Crippen LogP contribution in [0.5, 0.6) is 0 Å². The van der Waals surface area contributed by atoms with E-state index in [9.17, 15) is 0 Å². The molecule has 1 atom stereocenters. The van der Waals surface area contributed by atoms with E-state index in [0.717, 1.165) is 19.6 Å². The summed E-state index contributed by atoms with van der Waals surface area (Å²) >= 11 is 0. The molecule has 0 aliphatic carbocycles. The summed E-state index contributed by atoms with van der Waals surface area (Å²) in [5.74, 6) is 0. The Balaban J connectivity index is 2.06. The van der Waals surface area contributed by atoms with Gasteiger partial charge in [0.1, 0.15) is 0 Å². The van der Waals surface area contributed by atoms with Crippen molar-refractivity contribution in [3.05, 3.63) is 0 Å². The number of hydrogen-bond acceptors (Lipinski definition) is 5. The van der Waals surface area contributed by atoms with Crippen LogP contribution in [0.4, 0.5) is 0 Å². The van der Waals surface area contributed by atoms with Crippen LogP contribution < -0.4 is 0 Å². The molecule has 0 aromatic carbocycles. The first-order valence-corrected chi connectivity index (χ1v) is 16.5. The summed E-state index contributed by atoms with van der Waals surface area (Å²) in [6.45, 7) is 13.8. The van der Waals surface area contributed by atoms with E-state index in [1.54, 1.807) is 7.11 Å². The van der Waals surface area contributed by atoms with E-state index in [1.165, 1.54) is 37.8 Å². The van der Waals surface area contributed by atoms with Gasteiger partial charge in [0, 0.05) is 20.3 Å². The average Bonchev–Trinajstić information content (AvgIpc) is 3.05. The van der Waals surface area contributed by atoms with Gasteiger partial charge in [-0.2, -0.15) is 0 Å². The van der Waals surface area contributed by atoms with Crippen molar-refractivity contribution in [3.63, 3.8) is 0 Å². The summed E-state index contributed by atoms with van der Waals surface area (Å²) in [4.78, 5) is 0. The quantitative estimate of drug-likeness (QED) is 0.280. The van der Waals surface area contributed by atoms with Crippen LogP contribution in [-0.4, -0.2) is 69.5 Å². The molecule has 26 heavy (non-hydrogen) atoms. The van der Waals surface area contributed by atoms with Crippen molar-refractivity contribution in [2.75, 3.05) is 46.8 Å². The molecule has 0 radical (unpaired) electrons. The minimum absolute atomic E-state index is 0.515. The molecule has 5 nitrogen and oxygen atoms in total. The first-order chi connectivity index (χ1) is 12.3. The molecule has 0 bridgehead atoms. The van der Waals surface area contributed by atoms with Crippen LogP contribution in [0.3, 0.4) is 0 Å². The largest absolute Gasteiger partial charge is 0.455 e. The van der Waals surface area contributed by atoms with E-state index in [4.69, 9.17) is 23.1 Å². The normalized spacial score (nSPS) is 18.6. The SMILES string of the molecule is COCCOCCOCCC[Si](C)(C)O[Si](C)(C)CCCC1CCCO1. The third-order valence-corrected chi connectivity index (χ3v) is 12.3. The second-order valence-corrected chi connectivity index (χ2v) is 17.3. The van der Waals surface area contributed by atoms with Crippen molar-refractivity contribution < 1.29 is 23.1 Å². The Morgan fingerprint density at radius 1 is 0.846 bits per heavy atom. The van der Waals surface area contributed by atoms with Gasteiger partial charge in [0.2, 0.25) is 0 Å². The van der Waals surface area contributed by atoms with Crippen LogP contribution in [-0.2, 0) is 23.1 Å². The minimum atomic E-state index is -1.60. The van der Waals surface area contributed by atoms with Gasteiger partial charge in [-0.05, 0) is 64.0 Å². The second kappa shape index (κ2) is 13.4. The summed E-state index contributed by atoms with van der Waals surface area (Å²) < 4.78 is 28.4. The molecule has 1 unspecified atom stereocenters. The first-order valence-electron chi connectivity index (χ1n) is 10.3. The highest BCUT2D eigenvalue weighted by Gasteiger charge is 2.32. The summed E-state index contributed by atoms with van der Waals surface area (Å²) in [6, 6.07) is 2.41. The predicted octanol–water partition coefficient (Wildman–Crippen LogP) is 4.44. The van der Waals surface area contributed by atoms with Crippen LogP contribution in [0.1, 0.15) is 32.1 Å². The maximum absolute atomic E-state index is 6.70. The van der Waals surface area contributed by atoms with Crippen LogP contribution in [0.15, 0.2) is 0 Å². The smallest absolute Gasteiger partial charge is 0.173 e. The van der Waals surface area contributed by atoms with E-state index in [2.05, 4.69) is 26.2 Å². The van der Waals surface area contributed by atoms with E-state index < -0.39 is 16.6 Å². The van der Waals surface area contributed by atoms with E-state index in [1.807, 2.05) is 0 Å². The maximum atomic E-state index is 6.70. The van der Waals surface area contributed by atoms with Crippen LogP contribution >= 0.6 is 0 Å². The number of rotatable bonds is 16. The molecule has 0 N–H and O–H groups in total. The zero-order chi connectivity index (χ0) is 19.3. The van der Waals surface area contributed by atoms with E-state index in [0.29, 0.717) is 32.5 Å². The summed E-state index contributed by atoms with van der Waals surface area (Å²) in [5.41, 5.74) is 0. The van der Waals surface area contributed by atoms with Gasteiger partial charge < -0.3 is 23.1 Å². The molecule has 0 aromatic heterocycles. The van der Waals surface area contributed by atoms with Crippen molar-refractivity contribution in [3.8, 4) is 0 Å². The van der Waals surface area contributed by atoms with Crippen molar-refractivity contribution >= 4 is 16.6 Å². The van der Waals surface area contributed by atoms with E-state index >= 15 is 0 Å². The topological polar surface area (TPSA) is 46.2 Å². The zero-order valence-corrected chi connectivity index (χ0v) is 19.8. The molecule has 0 saturated carbocycles. The molecule has 7 heteroatoms. The Morgan fingerprint density at radius 2 is 1.46 bits per heavy atom. The van der Waals surface area contributed by atoms with Crippen LogP contribution in [0.2, 0.25) is 38.3 Å². The van der Waals surface area contributed by atoms with Crippen molar-refractivity contribution in [2.45, 2.75) is 76.5 Å². The maximum Gasteiger partial charge on any atom is 0.173 e. The minimum Gasteiger partial charge on any atom is -0.455 e. The van der Waals surface area contributed by atoms with Gasteiger partial charge in [-0.25, -0.2) is 0 Å². The lowest BCUT2D eigenvalue weighted by Crippen LogP contribution is -2.44. The van der Waals surface area contributed by atoms with Gasteiger partial charge in [0.15, 0.2) is 16.6 Å². The Bertz CT molecular complexity index is 347. The third-order valence-electron chi connectivity index (χ3n) is 4.75. The Kier molecular flexibility index (Phi) is 12.5. The molecular formula is C19H42O5Si2. The number of ether oxygens (including phenoxy) is 4. The highest BCUT2D eigenvalue weighted by molar-refractivity contribution is 6.84. The van der Waals surface area contributed by atoms with Gasteiger partial charge >= 0.3 is 0 Å². The molecular weight excluding hydrogens is 364 g/mol. The van der Waals surface area contributed by atoms with Gasteiger partial charge in [0.05, 0.1) is 32.5 Å². The van der Waals surface area contributed by atoms with Crippen molar-refractivity contribution in [1.82, 2.24) is 0 Å². The lowest BCUT2D eigenvalue weighted by atomic mass is 10.1. The predicted molar refractivity (Wildman–Crippen MR) is 112 cm³/mol. The lowest BCUT2D eigenvalue weighted by molar-refractivity contribution is 0.0249. The van der Waals surface area contributed by atoms with Crippen LogP contribution in [0, 0.1) is 0 Å². The molecule has 1 heterocycles. The Hall–Kier alpha value is 0.234. The molecule has 156 valence electrons. The van der Waals surface area contributed by atoms with Crippen molar-refractivity contribution in [2.24, 2.45) is 0 Å². The van der Waals surface area contributed by atoms with Gasteiger partial charge in [0.25, 0.3) is 0 Å². The molecule has 0 spiro atoms. The monoisotopic (exact) mass is 406 g/mol. The highest BCUT2D eigenvalue weighted by atomic mass is 28.4. The fourth-order valence-corrected chi connectivity index (χ4v) is 12.4. The van der Waals surface area contributed by atoms with E-state index in [-0.39, 0.29) is 0 Å².